The van der Waals surface area contributed by atoms with Gasteiger partial charge in [-0.1, -0.05) is 0 Å². The molecular weight excluding hydrogens is 336 g/mol. The Labute approximate surface area is 151 Å². The molecule has 1 saturated heterocycles. The van der Waals surface area contributed by atoms with Crippen molar-refractivity contribution in [2.24, 2.45) is 0 Å². The highest BCUT2D eigenvalue weighted by atomic mass is 32.1. The molecule has 134 valence electrons. The van der Waals surface area contributed by atoms with Crippen LogP contribution in [0.25, 0.3) is 0 Å². The van der Waals surface area contributed by atoms with Gasteiger partial charge in [-0.15, -0.1) is 21.5 Å². The van der Waals surface area contributed by atoms with E-state index in [1.807, 2.05) is 10.3 Å². The Hall–Kier alpha value is -1.80. The number of aromatic nitrogens is 4. The third kappa shape index (κ3) is 3.46. The third-order valence-electron chi connectivity index (χ3n) is 4.96. The fraction of sp³-hybridized carbons (Fsp3) is 0.647. The fourth-order valence-corrected chi connectivity index (χ4v) is 4.08. The van der Waals surface area contributed by atoms with Crippen LogP contribution in [0, 0.1) is 0 Å². The molecule has 0 radical (unpaired) electrons. The molecule has 0 bridgehead atoms. The van der Waals surface area contributed by atoms with Gasteiger partial charge in [-0.3, -0.25) is 4.79 Å². The number of hydrogen-bond acceptors (Lipinski definition) is 6. The molecule has 4 rings (SSSR count). The second kappa shape index (κ2) is 6.84. The van der Waals surface area contributed by atoms with E-state index in [4.69, 9.17) is 0 Å². The summed E-state index contributed by atoms with van der Waals surface area (Å²) in [5, 5.41) is 10.8. The lowest BCUT2D eigenvalue weighted by atomic mass is 9.95. The van der Waals surface area contributed by atoms with Crippen LogP contribution >= 0.6 is 11.3 Å². The zero-order valence-electron chi connectivity index (χ0n) is 14.8. The summed E-state index contributed by atoms with van der Waals surface area (Å²) in [5.41, 5.74) is 2.28. The molecule has 0 unspecified atom stereocenters. The molecule has 2 fully saturated rings. The quantitative estimate of drug-likeness (QED) is 0.817. The van der Waals surface area contributed by atoms with E-state index < -0.39 is 0 Å². The summed E-state index contributed by atoms with van der Waals surface area (Å²) in [6.45, 7) is 2.35. The van der Waals surface area contributed by atoms with E-state index in [-0.39, 0.29) is 5.91 Å². The van der Waals surface area contributed by atoms with Crippen LogP contribution in [0.1, 0.15) is 59.8 Å². The van der Waals surface area contributed by atoms with Crippen LogP contribution in [0.2, 0.25) is 0 Å². The lowest BCUT2D eigenvalue weighted by Gasteiger charge is -2.31. The third-order valence-corrected chi connectivity index (χ3v) is 5.55. The summed E-state index contributed by atoms with van der Waals surface area (Å²) >= 11 is 1.46. The van der Waals surface area contributed by atoms with Gasteiger partial charge in [0.2, 0.25) is 0 Å². The van der Waals surface area contributed by atoms with Crippen molar-refractivity contribution in [1.82, 2.24) is 29.5 Å². The first kappa shape index (κ1) is 16.7. The van der Waals surface area contributed by atoms with Gasteiger partial charge in [-0.05, 0) is 39.8 Å². The Kier molecular flexibility index (Phi) is 4.56. The highest BCUT2D eigenvalue weighted by Gasteiger charge is 2.34. The number of carbonyl (C=O) groups excluding carboxylic acids is 1. The van der Waals surface area contributed by atoms with Crippen molar-refractivity contribution < 1.29 is 4.79 Å². The number of nitrogens with zero attached hydrogens (tertiary/aromatic N) is 6. The fourth-order valence-electron chi connectivity index (χ4n) is 3.56. The van der Waals surface area contributed by atoms with Crippen molar-refractivity contribution in [2.45, 2.75) is 44.2 Å². The molecule has 2 aromatic rings. The Bertz CT molecular complexity index is 728. The van der Waals surface area contributed by atoms with E-state index in [0.717, 1.165) is 44.1 Å². The Balaban J connectivity index is 1.46. The first-order chi connectivity index (χ1) is 12.1. The van der Waals surface area contributed by atoms with E-state index in [1.165, 1.54) is 24.2 Å². The Morgan fingerprint density at radius 3 is 2.60 bits per heavy atom. The molecule has 1 amide bonds. The number of likely N-dealkylation sites (tertiary alicyclic amines) is 1. The van der Waals surface area contributed by atoms with Crippen molar-refractivity contribution in [1.29, 1.82) is 0 Å². The van der Waals surface area contributed by atoms with Gasteiger partial charge in [0.1, 0.15) is 17.3 Å². The smallest absolute Gasteiger partial charge is 0.273 e. The van der Waals surface area contributed by atoms with E-state index in [1.54, 1.807) is 5.51 Å². The average Bonchev–Trinajstić information content (AvgIpc) is 3.13. The minimum Gasteiger partial charge on any atom is -0.337 e. The maximum absolute atomic E-state index is 12.4. The molecule has 8 heteroatoms. The highest BCUT2D eigenvalue weighted by molar-refractivity contribution is 7.07. The summed E-state index contributed by atoms with van der Waals surface area (Å²) in [6.07, 6.45) is 4.35. The largest absolute Gasteiger partial charge is 0.337 e. The maximum Gasteiger partial charge on any atom is 0.273 e. The monoisotopic (exact) mass is 360 g/mol. The van der Waals surface area contributed by atoms with Gasteiger partial charge in [-0.2, -0.15) is 0 Å². The lowest BCUT2D eigenvalue weighted by Crippen LogP contribution is -2.38. The minimum absolute atomic E-state index is 0.0525. The van der Waals surface area contributed by atoms with Crippen molar-refractivity contribution >= 4 is 17.2 Å². The molecular formula is C17H24N6OS. The molecule has 0 atom stereocenters. The predicted molar refractivity (Wildman–Crippen MR) is 95.7 cm³/mol. The van der Waals surface area contributed by atoms with Crippen LogP contribution in [0.15, 0.2) is 10.9 Å². The van der Waals surface area contributed by atoms with Crippen LogP contribution in [0.3, 0.4) is 0 Å². The Morgan fingerprint density at radius 2 is 2.00 bits per heavy atom. The molecule has 1 saturated carbocycles. The van der Waals surface area contributed by atoms with Crippen LogP contribution in [0.5, 0.6) is 0 Å². The van der Waals surface area contributed by atoms with E-state index in [2.05, 4.69) is 38.7 Å². The number of hydrogen-bond donors (Lipinski definition) is 0. The van der Waals surface area contributed by atoms with Gasteiger partial charge in [0.25, 0.3) is 5.91 Å². The van der Waals surface area contributed by atoms with Crippen molar-refractivity contribution in [3.63, 3.8) is 0 Å². The second-order valence-electron chi connectivity index (χ2n) is 7.25. The van der Waals surface area contributed by atoms with Crippen LogP contribution in [-0.4, -0.2) is 62.6 Å². The highest BCUT2D eigenvalue weighted by Crippen LogP contribution is 2.40. The molecule has 0 spiro atoms. The standard InChI is InChI=1S/C17H24N6OS/c1-21(2)9-15-19-20-16(23(15)13-3-4-13)12-5-7-22(8-6-12)17(24)14-10-25-11-18-14/h10-13H,3-9H2,1-2H3. The average molecular weight is 360 g/mol. The summed E-state index contributed by atoms with van der Waals surface area (Å²) in [6, 6.07) is 0.578. The van der Waals surface area contributed by atoms with Crippen molar-refractivity contribution in [3.8, 4) is 0 Å². The van der Waals surface area contributed by atoms with Gasteiger partial charge >= 0.3 is 0 Å². The molecule has 2 aromatic heterocycles. The molecule has 0 aromatic carbocycles. The van der Waals surface area contributed by atoms with E-state index in [0.29, 0.717) is 17.7 Å². The molecule has 7 nitrogen and oxygen atoms in total. The SMILES string of the molecule is CN(C)Cc1nnc(C2CCN(C(=O)c3cscn3)CC2)n1C1CC1. The van der Waals surface area contributed by atoms with Crippen LogP contribution in [0.4, 0.5) is 0 Å². The van der Waals surface area contributed by atoms with Gasteiger partial charge in [0.15, 0.2) is 0 Å². The molecule has 0 N–H and O–H groups in total. The number of rotatable bonds is 5. The maximum atomic E-state index is 12.4. The Morgan fingerprint density at radius 1 is 1.24 bits per heavy atom. The van der Waals surface area contributed by atoms with E-state index in [9.17, 15) is 4.79 Å². The zero-order valence-corrected chi connectivity index (χ0v) is 15.6. The summed E-state index contributed by atoms with van der Waals surface area (Å²) < 4.78 is 2.38. The van der Waals surface area contributed by atoms with Gasteiger partial charge < -0.3 is 14.4 Å². The normalized spacial score (nSPS) is 18.9. The van der Waals surface area contributed by atoms with E-state index >= 15 is 0 Å². The minimum atomic E-state index is 0.0525. The predicted octanol–water partition coefficient (Wildman–Crippen LogP) is 2.15. The summed E-state index contributed by atoms with van der Waals surface area (Å²) in [4.78, 5) is 20.6. The first-order valence-corrected chi connectivity index (χ1v) is 9.83. The molecule has 2 aliphatic rings. The van der Waals surface area contributed by atoms with Gasteiger partial charge in [0, 0.05) is 30.4 Å². The van der Waals surface area contributed by atoms with Crippen LogP contribution < -0.4 is 0 Å². The second-order valence-corrected chi connectivity index (χ2v) is 7.97. The van der Waals surface area contributed by atoms with Crippen LogP contribution in [-0.2, 0) is 6.54 Å². The van der Waals surface area contributed by atoms with Crippen molar-refractivity contribution in [2.75, 3.05) is 27.2 Å². The first-order valence-electron chi connectivity index (χ1n) is 8.89. The molecule has 3 heterocycles. The van der Waals surface area contributed by atoms with Gasteiger partial charge in [-0.25, -0.2) is 4.98 Å². The number of piperidine rings is 1. The molecule has 1 aliphatic carbocycles. The molecule has 25 heavy (non-hydrogen) atoms. The number of amides is 1. The number of thiazole rings is 1. The van der Waals surface area contributed by atoms with Gasteiger partial charge in [0.05, 0.1) is 12.1 Å². The zero-order chi connectivity index (χ0) is 17.4. The van der Waals surface area contributed by atoms with Crippen molar-refractivity contribution in [3.05, 3.63) is 28.2 Å². The number of carbonyl (C=O) groups is 1. The lowest BCUT2D eigenvalue weighted by molar-refractivity contribution is 0.0705. The molecule has 1 aliphatic heterocycles. The topological polar surface area (TPSA) is 67.2 Å². The summed E-state index contributed by atoms with van der Waals surface area (Å²) in [5.74, 6) is 2.64. The summed E-state index contributed by atoms with van der Waals surface area (Å²) in [7, 11) is 4.13.